The van der Waals surface area contributed by atoms with Crippen molar-refractivity contribution >= 4 is 22.8 Å². The normalized spacial score (nSPS) is 17.2. The molecule has 4 heterocycles. The number of anilines is 2. The topological polar surface area (TPSA) is 126 Å². The van der Waals surface area contributed by atoms with Crippen molar-refractivity contribution in [1.82, 2.24) is 29.8 Å². The van der Waals surface area contributed by atoms with Crippen LogP contribution in [-0.2, 0) is 0 Å². The van der Waals surface area contributed by atoms with Crippen molar-refractivity contribution in [3.8, 4) is 11.1 Å². The minimum Gasteiger partial charge on any atom is -0.394 e. The standard InChI is InChI=1S/C24H34N8O/c1-4-5-8-24(2,15-33)31-22-20-19(29-23(25)30-22)11-17(12-26-20)18-13-27-21(28-14-18)16-6-9-32(3)10-7-16/h11-14,16,33H,4-10,15H2,1-3H3,(H3,25,29,30,31)/t24-/m1/s1. The summed E-state index contributed by atoms with van der Waals surface area (Å²) in [5, 5.41) is 13.3. The van der Waals surface area contributed by atoms with Gasteiger partial charge >= 0.3 is 0 Å². The highest BCUT2D eigenvalue weighted by molar-refractivity contribution is 5.89. The highest BCUT2D eigenvalue weighted by Crippen LogP contribution is 2.29. The smallest absolute Gasteiger partial charge is 0.222 e. The van der Waals surface area contributed by atoms with E-state index in [1.165, 1.54) is 0 Å². The second-order valence-corrected chi connectivity index (χ2v) is 9.38. The fraction of sp³-hybridized carbons (Fsp3) is 0.542. The van der Waals surface area contributed by atoms with Crippen LogP contribution in [0.25, 0.3) is 22.2 Å². The van der Waals surface area contributed by atoms with Crippen LogP contribution in [0.15, 0.2) is 24.7 Å². The van der Waals surface area contributed by atoms with E-state index in [0.717, 1.165) is 62.1 Å². The maximum absolute atomic E-state index is 9.96. The zero-order valence-corrected chi connectivity index (χ0v) is 19.8. The Morgan fingerprint density at radius 1 is 1.12 bits per heavy atom. The highest BCUT2D eigenvalue weighted by atomic mass is 16.3. The Kier molecular flexibility index (Phi) is 6.99. The Morgan fingerprint density at radius 2 is 1.82 bits per heavy atom. The van der Waals surface area contributed by atoms with Crippen LogP contribution in [0.4, 0.5) is 11.8 Å². The number of unbranched alkanes of at least 4 members (excludes halogenated alkanes) is 1. The molecule has 176 valence electrons. The maximum atomic E-state index is 9.96. The van der Waals surface area contributed by atoms with E-state index in [-0.39, 0.29) is 12.6 Å². The molecule has 9 nitrogen and oxygen atoms in total. The predicted molar refractivity (Wildman–Crippen MR) is 131 cm³/mol. The van der Waals surface area contributed by atoms with Crippen molar-refractivity contribution in [3.05, 3.63) is 30.5 Å². The van der Waals surface area contributed by atoms with Gasteiger partial charge in [-0.15, -0.1) is 0 Å². The van der Waals surface area contributed by atoms with Crippen molar-refractivity contribution in [3.63, 3.8) is 0 Å². The lowest BCUT2D eigenvalue weighted by Crippen LogP contribution is -2.39. The van der Waals surface area contributed by atoms with Crippen LogP contribution in [0.5, 0.6) is 0 Å². The molecule has 1 fully saturated rings. The molecule has 3 aromatic heterocycles. The van der Waals surface area contributed by atoms with E-state index in [0.29, 0.717) is 22.8 Å². The Balaban J connectivity index is 1.59. The van der Waals surface area contributed by atoms with E-state index in [2.05, 4.69) is 49.1 Å². The van der Waals surface area contributed by atoms with Crippen LogP contribution in [-0.4, -0.2) is 67.2 Å². The van der Waals surface area contributed by atoms with Gasteiger partial charge in [0.05, 0.1) is 17.7 Å². The number of nitrogens with two attached hydrogens (primary N) is 1. The summed E-state index contributed by atoms with van der Waals surface area (Å²) in [6, 6.07) is 1.93. The third kappa shape index (κ3) is 5.36. The summed E-state index contributed by atoms with van der Waals surface area (Å²) in [5.41, 5.74) is 8.51. The molecule has 1 aliphatic heterocycles. The van der Waals surface area contributed by atoms with Crippen LogP contribution < -0.4 is 11.1 Å². The van der Waals surface area contributed by atoms with Gasteiger partial charge in [0.15, 0.2) is 5.82 Å². The lowest BCUT2D eigenvalue weighted by Gasteiger charge is -2.29. The summed E-state index contributed by atoms with van der Waals surface area (Å²) in [5.74, 6) is 2.02. The third-order valence-electron chi connectivity index (χ3n) is 6.49. The van der Waals surface area contributed by atoms with E-state index in [1.807, 2.05) is 25.4 Å². The molecule has 4 N–H and O–H groups in total. The van der Waals surface area contributed by atoms with Crippen molar-refractivity contribution in [2.75, 3.05) is 37.8 Å². The SMILES string of the molecule is CCCC[C@](C)(CO)Nc1nc(N)nc2cc(-c3cnc(C4CCN(C)CC4)nc3)cnc12. The van der Waals surface area contributed by atoms with Gasteiger partial charge in [-0.25, -0.2) is 15.0 Å². The Labute approximate surface area is 194 Å². The molecule has 1 atom stereocenters. The minimum absolute atomic E-state index is 0.0164. The largest absolute Gasteiger partial charge is 0.394 e. The number of likely N-dealkylation sites (tertiary alicyclic amines) is 1. The number of aliphatic hydroxyl groups is 1. The monoisotopic (exact) mass is 450 g/mol. The van der Waals surface area contributed by atoms with Crippen molar-refractivity contribution in [2.45, 2.75) is 57.4 Å². The van der Waals surface area contributed by atoms with Gasteiger partial charge in [-0.1, -0.05) is 19.8 Å². The number of fused-ring (bicyclic) bond motifs is 1. The number of rotatable bonds is 8. The molecule has 33 heavy (non-hydrogen) atoms. The summed E-state index contributed by atoms with van der Waals surface area (Å²) in [4.78, 5) is 25.0. The van der Waals surface area contributed by atoms with Crippen LogP contribution in [0, 0.1) is 0 Å². The molecule has 0 bridgehead atoms. The number of pyridine rings is 1. The molecule has 0 unspecified atom stereocenters. The van der Waals surface area contributed by atoms with Gasteiger partial charge in [-0.2, -0.15) is 4.98 Å². The van der Waals surface area contributed by atoms with E-state index < -0.39 is 5.54 Å². The summed E-state index contributed by atoms with van der Waals surface area (Å²) in [6.07, 6.45) is 10.5. The zero-order chi connectivity index (χ0) is 23.4. The van der Waals surface area contributed by atoms with Crippen molar-refractivity contribution in [1.29, 1.82) is 0 Å². The van der Waals surface area contributed by atoms with Crippen LogP contribution in [0.2, 0.25) is 0 Å². The molecule has 0 aliphatic carbocycles. The molecule has 9 heteroatoms. The van der Waals surface area contributed by atoms with Gasteiger partial charge in [0.2, 0.25) is 5.95 Å². The van der Waals surface area contributed by atoms with Gasteiger partial charge in [-0.05, 0) is 52.4 Å². The fourth-order valence-corrected chi connectivity index (χ4v) is 4.28. The first kappa shape index (κ1) is 23.3. The van der Waals surface area contributed by atoms with Gasteiger partial charge in [0, 0.05) is 35.6 Å². The zero-order valence-electron chi connectivity index (χ0n) is 19.8. The average molecular weight is 451 g/mol. The molecule has 1 saturated heterocycles. The molecule has 0 aromatic carbocycles. The van der Waals surface area contributed by atoms with E-state index in [4.69, 9.17) is 5.73 Å². The molecular weight excluding hydrogens is 416 g/mol. The van der Waals surface area contributed by atoms with Gasteiger partial charge < -0.3 is 21.1 Å². The maximum Gasteiger partial charge on any atom is 0.222 e. The van der Waals surface area contributed by atoms with Crippen LogP contribution >= 0.6 is 0 Å². The quantitative estimate of drug-likeness (QED) is 0.474. The van der Waals surface area contributed by atoms with E-state index in [9.17, 15) is 5.11 Å². The average Bonchev–Trinajstić information content (AvgIpc) is 2.83. The first-order chi connectivity index (χ1) is 15.9. The summed E-state index contributed by atoms with van der Waals surface area (Å²) < 4.78 is 0. The number of piperidine rings is 1. The number of aliphatic hydroxyl groups excluding tert-OH is 1. The number of hydrogen-bond donors (Lipinski definition) is 3. The highest BCUT2D eigenvalue weighted by Gasteiger charge is 2.25. The third-order valence-corrected chi connectivity index (χ3v) is 6.49. The molecular formula is C24H34N8O. The number of aromatic nitrogens is 5. The minimum atomic E-state index is -0.512. The van der Waals surface area contributed by atoms with E-state index >= 15 is 0 Å². The van der Waals surface area contributed by atoms with E-state index in [1.54, 1.807) is 6.20 Å². The van der Waals surface area contributed by atoms with Crippen LogP contribution in [0.1, 0.15) is 57.7 Å². The van der Waals surface area contributed by atoms with Crippen molar-refractivity contribution in [2.24, 2.45) is 0 Å². The number of hydrogen-bond acceptors (Lipinski definition) is 9. The molecule has 4 rings (SSSR count). The lowest BCUT2D eigenvalue weighted by atomic mass is 9.96. The number of nitrogens with zero attached hydrogens (tertiary/aromatic N) is 6. The summed E-state index contributed by atoms with van der Waals surface area (Å²) in [7, 11) is 2.15. The Morgan fingerprint density at radius 3 is 2.48 bits per heavy atom. The number of nitrogen functional groups attached to an aromatic ring is 1. The fourth-order valence-electron chi connectivity index (χ4n) is 4.28. The Bertz CT molecular complexity index is 1080. The van der Waals surface area contributed by atoms with Crippen molar-refractivity contribution < 1.29 is 5.11 Å². The van der Waals surface area contributed by atoms with Gasteiger partial charge in [-0.3, -0.25) is 4.98 Å². The number of nitrogens with one attached hydrogen (secondary N) is 1. The second-order valence-electron chi connectivity index (χ2n) is 9.38. The summed E-state index contributed by atoms with van der Waals surface area (Å²) in [6.45, 7) is 6.25. The molecule has 3 aromatic rings. The first-order valence-electron chi connectivity index (χ1n) is 11.7. The predicted octanol–water partition coefficient (Wildman–Crippen LogP) is 3.23. The van der Waals surface area contributed by atoms with Gasteiger partial charge in [0.25, 0.3) is 0 Å². The molecule has 1 aliphatic rings. The molecule has 0 spiro atoms. The summed E-state index contributed by atoms with van der Waals surface area (Å²) >= 11 is 0. The second kappa shape index (κ2) is 9.93. The molecule has 0 radical (unpaired) electrons. The lowest BCUT2D eigenvalue weighted by molar-refractivity contribution is 0.212. The van der Waals surface area contributed by atoms with Gasteiger partial charge in [0.1, 0.15) is 11.3 Å². The van der Waals surface area contributed by atoms with Crippen LogP contribution in [0.3, 0.4) is 0 Å². The molecule has 0 amide bonds. The Hall–Kier alpha value is -2.91. The molecule has 0 saturated carbocycles. The first-order valence-corrected chi connectivity index (χ1v) is 11.7.